The Morgan fingerprint density at radius 3 is 2.36 bits per heavy atom. The fourth-order valence-corrected chi connectivity index (χ4v) is 1.35. The summed E-state index contributed by atoms with van der Waals surface area (Å²) in [5.41, 5.74) is 2.77. The van der Waals surface area contributed by atoms with E-state index in [-0.39, 0.29) is 5.41 Å². The molecule has 1 aromatic rings. The van der Waals surface area contributed by atoms with Gasteiger partial charge in [0.05, 0.1) is 0 Å². The van der Waals surface area contributed by atoms with E-state index in [4.69, 9.17) is 0 Å². The van der Waals surface area contributed by atoms with E-state index in [2.05, 4.69) is 50.8 Å². The topological polar surface area (TPSA) is 16.1 Å². The van der Waals surface area contributed by atoms with Crippen molar-refractivity contribution in [1.29, 1.82) is 0 Å². The van der Waals surface area contributed by atoms with Crippen molar-refractivity contribution in [3.63, 3.8) is 0 Å². The summed E-state index contributed by atoms with van der Waals surface area (Å²) < 4.78 is 0. The number of pyridine rings is 1. The highest BCUT2D eigenvalue weighted by atomic mass is 15.0. The lowest BCUT2D eigenvalue weighted by Gasteiger charge is -2.19. The molecular weight excluding hydrogens is 172 g/mol. The maximum atomic E-state index is 4.28. The van der Waals surface area contributed by atoms with Gasteiger partial charge in [0.15, 0.2) is 0 Å². The van der Waals surface area contributed by atoms with Crippen molar-refractivity contribution in [3.05, 3.63) is 29.6 Å². The van der Waals surface area contributed by atoms with E-state index < -0.39 is 0 Å². The van der Waals surface area contributed by atoms with Crippen molar-refractivity contribution in [2.24, 2.45) is 0 Å². The van der Waals surface area contributed by atoms with Crippen LogP contribution in [0.25, 0.3) is 0 Å². The van der Waals surface area contributed by atoms with E-state index in [9.17, 15) is 0 Å². The summed E-state index contributed by atoms with van der Waals surface area (Å²) in [7, 11) is 4.15. The number of hydrogen-bond donors (Lipinski definition) is 0. The fourth-order valence-electron chi connectivity index (χ4n) is 1.35. The van der Waals surface area contributed by atoms with Gasteiger partial charge in [-0.25, -0.2) is 0 Å². The first kappa shape index (κ1) is 11.2. The number of hydrogen-bond acceptors (Lipinski definition) is 2. The smallest absolute Gasteiger partial charge is 0.0313 e. The van der Waals surface area contributed by atoms with Crippen LogP contribution >= 0.6 is 0 Å². The van der Waals surface area contributed by atoms with Gasteiger partial charge in [-0.05, 0) is 30.6 Å². The van der Waals surface area contributed by atoms with Gasteiger partial charge in [-0.15, -0.1) is 0 Å². The molecular formula is C12H20N2. The molecule has 0 fully saturated rings. The second-order valence-corrected chi connectivity index (χ2v) is 5.07. The Hall–Kier alpha value is -0.890. The molecule has 0 aliphatic carbocycles. The van der Waals surface area contributed by atoms with E-state index in [1.807, 2.05) is 12.4 Å². The first-order valence-corrected chi connectivity index (χ1v) is 4.99. The molecule has 0 N–H and O–H groups in total. The summed E-state index contributed by atoms with van der Waals surface area (Å²) in [6.07, 6.45) is 3.90. The number of nitrogens with zero attached hydrogens (tertiary/aromatic N) is 2. The lowest BCUT2D eigenvalue weighted by molar-refractivity contribution is 0.401. The van der Waals surface area contributed by atoms with Crippen LogP contribution in [0, 0.1) is 0 Å². The Kier molecular flexibility index (Phi) is 3.27. The summed E-state index contributed by atoms with van der Waals surface area (Å²) in [6.45, 7) is 7.59. The van der Waals surface area contributed by atoms with Crippen molar-refractivity contribution in [2.45, 2.75) is 32.7 Å². The summed E-state index contributed by atoms with van der Waals surface area (Å²) in [5, 5.41) is 0. The van der Waals surface area contributed by atoms with E-state index in [0.29, 0.717) is 0 Å². The van der Waals surface area contributed by atoms with Crippen molar-refractivity contribution >= 4 is 0 Å². The van der Waals surface area contributed by atoms with Gasteiger partial charge in [0.25, 0.3) is 0 Å². The number of aromatic nitrogens is 1. The maximum Gasteiger partial charge on any atom is 0.0313 e. The third kappa shape index (κ3) is 3.11. The zero-order chi connectivity index (χ0) is 10.8. The van der Waals surface area contributed by atoms with Gasteiger partial charge < -0.3 is 4.90 Å². The number of rotatable bonds is 2. The highest BCUT2D eigenvalue weighted by molar-refractivity contribution is 5.24. The van der Waals surface area contributed by atoms with Crippen LogP contribution in [-0.2, 0) is 12.0 Å². The normalized spacial score (nSPS) is 12.1. The SMILES string of the molecule is CN(C)Cc1cncc(C(C)(C)C)c1. The van der Waals surface area contributed by atoms with Crippen molar-refractivity contribution < 1.29 is 0 Å². The largest absolute Gasteiger partial charge is 0.305 e. The molecule has 78 valence electrons. The molecule has 1 heterocycles. The molecule has 0 saturated carbocycles. The predicted molar refractivity (Wildman–Crippen MR) is 60.3 cm³/mol. The minimum atomic E-state index is 0.190. The molecule has 0 aromatic carbocycles. The van der Waals surface area contributed by atoms with E-state index in [0.717, 1.165) is 6.54 Å². The predicted octanol–water partition coefficient (Wildman–Crippen LogP) is 2.44. The van der Waals surface area contributed by atoms with Gasteiger partial charge in [-0.1, -0.05) is 26.8 Å². The Balaban J connectivity index is 2.90. The summed E-state index contributed by atoms with van der Waals surface area (Å²) in [6, 6.07) is 2.24. The zero-order valence-corrected chi connectivity index (χ0v) is 9.83. The molecule has 2 heteroatoms. The molecule has 2 nitrogen and oxygen atoms in total. The minimum absolute atomic E-state index is 0.190. The molecule has 0 aliphatic heterocycles. The van der Waals surface area contributed by atoms with Crippen LogP contribution in [0.5, 0.6) is 0 Å². The third-order valence-electron chi connectivity index (χ3n) is 2.16. The van der Waals surface area contributed by atoms with Crippen LogP contribution in [0.2, 0.25) is 0 Å². The molecule has 0 radical (unpaired) electrons. The van der Waals surface area contributed by atoms with E-state index in [1.165, 1.54) is 11.1 Å². The minimum Gasteiger partial charge on any atom is -0.305 e. The molecule has 0 atom stereocenters. The Morgan fingerprint density at radius 2 is 1.86 bits per heavy atom. The zero-order valence-electron chi connectivity index (χ0n) is 9.83. The Morgan fingerprint density at radius 1 is 1.21 bits per heavy atom. The standard InChI is InChI=1S/C12H20N2/c1-12(2,3)11-6-10(7-13-8-11)9-14(4)5/h6-8H,9H2,1-5H3. The molecule has 0 spiro atoms. The quantitative estimate of drug-likeness (QED) is 0.715. The molecule has 0 aliphatic rings. The molecule has 1 aromatic heterocycles. The van der Waals surface area contributed by atoms with Crippen LogP contribution in [0.15, 0.2) is 18.5 Å². The van der Waals surface area contributed by atoms with Crippen LogP contribution in [0.4, 0.5) is 0 Å². The molecule has 1 rings (SSSR count). The highest BCUT2D eigenvalue weighted by Crippen LogP contribution is 2.21. The van der Waals surface area contributed by atoms with Gasteiger partial charge in [0.2, 0.25) is 0 Å². The van der Waals surface area contributed by atoms with Gasteiger partial charge in [-0.2, -0.15) is 0 Å². The van der Waals surface area contributed by atoms with Crippen molar-refractivity contribution in [2.75, 3.05) is 14.1 Å². The summed E-state index contributed by atoms with van der Waals surface area (Å²) in [5.74, 6) is 0. The Labute approximate surface area is 87.0 Å². The first-order chi connectivity index (χ1) is 6.39. The molecule has 0 amide bonds. The average molecular weight is 192 g/mol. The summed E-state index contributed by atoms with van der Waals surface area (Å²) in [4.78, 5) is 6.43. The van der Waals surface area contributed by atoms with Crippen LogP contribution in [0.3, 0.4) is 0 Å². The molecule has 0 saturated heterocycles. The first-order valence-electron chi connectivity index (χ1n) is 4.99. The van der Waals surface area contributed by atoms with Gasteiger partial charge in [0, 0.05) is 18.9 Å². The van der Waals surface area contributed by atoms with Gasteiger partial charge in [-0.3, -0.25) is 4.98 Å². The second-order valence-electron chi connectivity index (χ2n) is 5.07. The maximum absolute atomic E-state index is 4.28. The van der Waals surface area contributed by atoms with Crippen molar-refractivity contribution in [1.82, 2.24) is 9.88 Å². The van der Waals surface area contributed by atoms with Crippen LogP contribution < -0.4 is 0 Å². The average Bonchev–Trinajstić information content (AvgIpc) is 2.01. The monoisotopic (exact) mass is 192 g/mol. The Bertz CT molecular complexity index is 297. The lowest BCUT2D eigenvalue weighted by atomic mass is 9.87. The van der Waals surface area contributed by atoms with Gasteiger partial charge >= 0.3 is 0 Å². The molecule has 0 unspecified atom stereocenters. The van der Waals surface area contributed by atoms with Crippen molar-refractivity contribution in [3.8, 4) is 0 Å². The summed E-state index contributed by atoms with van der Waals surface area (Å²) >= 11 is 0. The molecule has 0 bridgehead atoms. The lowest BCUT2D eigenvalue weighted by Crippen LogP contribution is -2.14. The van der Waals surface area contributed by atoms with Gasteiger partial charge in [0.1, 0.15) is 0 Å². The second kappa shape index (κ2) is 4.09. The van der Waals surface area contributed by atoms with Crippen LogP contribution in [0.1, 0.15) is 31.9 Å². The third-order valence-corrected chi connectivity index (χ3v) is 2.16. The molecule has 14 heavy (non-hydrogen) atoms. The van der Waals surface area contributed by atoms with E-state index in [1.54, 1.807) is 0 Å². The van der Waals surface area contributed by atoms with E-state index >= 15 is 0 Å². The fraction of sp³-hybridized carbons (Fsp3) is 0.583. The highest BCUT2D eigenvalue weighted by Gasteiger charge is 2.14. The van der Waals surface area contributed by atoms with Crippen LogP contribution in [-0.4, -0.2) is 24.0 Å².